The van der Waals surface area contributed by atoms with E-state index in [-0.39, 0.29) is 42.7 Å². The van der Waals surface area contributed by atoms with E-state index in [2.05, 4.69) is 15.1 Å². The molecule has 0 aliphatic carbocycles. The molecule has 1 aliphatic heterocycles. The third-order valence-electron chi connectivity index (χ3n) is 5.61. The van der Waals surface area contributed by atoms with Crippen molar-refractivity contribution in [1.29, 1.82) is 0 Å². The smallest absolute Gasteiger partial charge is 0.253 e. The Balaban J connectivity index is 1.35. The maximum absolute atomic E-state index is 13.1. The van der Waals surface area contributed by atoms with Crippen LogP contribution in [0.15, 0.2) is 34.3 Å². The van der Waals surface area contributed by atoms with Gasteiger partial charge in [0.25, 0.3) is 5.78 Å². The third kappa shape index (κ3) is 4.34. The van der Waals surface area contributed by atoms with Gasteiger partial charge in [-0.3, -0.25) is 4.79 Å². The molecular weight excluding hydrogens is 455 g/mol. The summed E-state index contributed by atoms with van der Waals surface area (Å²) in [5.74, 6) is 0.0524. The third-order valence-corrected chi connectivity index (χ3v) is 8.34. The van der Waals surface area contributed by atoms with Crippen LogP contribution in [0, 0.1) is 26.6 Å². The van der Waals surface area contributed by atoms with Gasteiger partial charge in [0, 0.05) is 37.6 Å². The van der Waals surface area contributed by atoms with Crippen molar-refractivity contribution in [2.24, 2.45) is 0 Å². The number of sulfonamides is 1. The van der Waals surface area contributed by atoms with E-state index in [1.165, 1.54) is 28.2 Å². The fourth-order valence-electron chi connectivity index (χ4n) is 3.45. The largest absolute Gasteiger partial charge is 0.339 e. The lowest BCUT2D eigenvalue weighted by Crippen LogP contribution is -2.50. The Hall–Kier alpha value is -2.57. The van der Waals surface area contributed by atoms with Crippen LogP contribution in [0.3, 0.4) is 0 Å². The van der Waals surface area contributed by atoms with Crippen LogP contribution in [0.25, 0.3) is 5.78 Å². The highest BCUT2D eigenvalue weighted by Gasteiger charge is 2.30. The van der Waals surface area contributed by atoms with Crippen molar-refractivity contribution in [3.63, 3.8) is 0 Å². The Morgan fingerprint density at radius 3 is 2.38 bits per heavy atom. The number of nitrogens with zero attached hydrogens (tertiary/aromatic N) is 6. The minimum Gasteiger partial charge on any atom is -0.339 e. The van der Waals surface area contributed by atoms with E-state index < -0.39 is 15.8 Å². The van der Waals surface area contributed by atoms with Crippen molar-refractivity contribution < 1.29 is 17.6 Å². The molecule has 9 nitrogen and oxygen atoms in total. The van der Waals surface area contributed by atoms with Crippen molar-refractivity contribution >= 4 is 33.5 Å². The van der Waals surface area contributed by atoms with Gasteiger partial charge in [0.15, 0.2) is 0 Å². The van der Waals surface area contributed by atoms with Gasteiger partial charge in [0.2, 0.25) is 21.1 Å². The number of aryl methyl sites for hydroxylation is 2. The van der Waals surface area contributed by atoms with E-state index in [9.17, 15) is 17.6 Å². The number of halogens is 1. The summed E-state index contributed by atoms with van der Waals surface area (Å²) >= 11 is 1.23. The highest BCUT2D eigenvalue weighted by Crippen LogP contribution is 2.20. The molecule has 0 unspecified atom stereocenters. The molecule has 3 aromatic rings. The molecule has 4 rings (SSSR count). The number of hydrogen-bond acceptors (Lipinski definition) is 7. The number of aromatic nitrogens is 4. The highest BCUT2D eigenvalue weighted by molar-refractivity contribution is 7.99. The molecule has 2 aromatic heterocycles. The Kier molecular flexibility index (Phi) is 6.19. The minimum absolute atomic E-state index is 0.0431. The van der Waals surface area contributed by atoms with Crippen LogP contribution in [0.5, 0.6) is 0 Å². The summed E-state index contributed by atoms with van der Waals surface area (Å²) in [5, 5.41) is 4.91. The van der Waals surface area contributed by atoms with E-state index in [1.807, 2.05) is 20.8 Å². The van der Waals surface area contributed by atoms with Crippen LogP contribution in [-0.2, 0) is 14.8 Å². The number of benzene rings is 1. The molecule has 1 amide bonds. The molecule has 1 fully saturated rings. The quantitative estimate of drug-likeness (QED) is 0.516. The zero-order valence-corrected chi connectivity index (χ0v) is 19.6. The fraction of sp³-hybridized carbons (Fsp3) is 0.400. The van der Waals surface area contributed by atoms with Gasteiger partial charge >= 0.3 is 0 Å². The van der Waals surface area contributed by atoms with Crippen LogP contribution in [0.1, 0.15) is 17.0 Å². The van der Waals surface area contributed by atoms with Gasteiger partial charge in [-0.25, -0.2) is 22.3 Å². The van der Waals surface area contributed by atoms with Gasteiger partial charge < -0.3 is 4.90 Å². The molecule has 0 spiro atoms. The lowest BCUT2D eigenvalue weighted by molar-refractivity contribution is -0.129. The van der Waals surface area contributed by atoms with Crippen LogP contribution in [-0.4, -0.2) is 75.0 Å². The number of rotatable bonds is 5. The second kappa shape index (κ2) is 8.75. The summed E-state index contributed by atoms with van der Waals surface area (Å²) in [4.78, 5) is 23.1. The number of carbonyl (C=O) groups excluding carboxylic acids is 1. The molecule has 0 N–H and O–H groups in total. The number of carbonyl (C=O) groups is 1. The highest BCUT2D eigenvalue weighted by atomic mass is 32.2. The molecule has 3 heterocycles. The lowest BCUT2D eigenvalue weighted by atomic mass is 10.2. The second-order valence-corrected chi connectivity index (χ2v) is 10.4. The molecule has 0 radical (unpaired) electrons. The summed E-state index contributed by atoms with van der Waals surface area (Å²) in [5.41, 5.74) is 2.89. The molecular formula is C20H23FN6O3S2. The summed E-state index contributed by atoms with van der Waals surface area (Å²) < 4.78 is 41.5. The van der Waals surface area contributed by atoms with Crippen LogP contribution in [0.2, 0.25) is 0 Å². The summed E-state index contributed by atoms with van der Waals surface area (Å²) in [7, 11) is -3.72. The summed E-state index contributed by atoms with van der Waals surface area (Å²) in [6.45, 7) is 6.79. The zero-order chi connectivity index (χ0) is 23.0. The first kappa shape index (κ1) is 22.6. The molecule has 0 atom stereocenters. The van der Waals surface area contributed by atoms with Gasteiger partial charge in [0.05, 0.1) is 10.6 Å². The van der Waals surface area contributed by atoms with Crippen LogP contribution in [0.4, 0.5) is 4.39 Å². The van der Waals surface area contributed by atoms with E-state index in [0.29, 0.717) is 10.9 Å². The average Bonchev–Trinajstić information content (AvgIpc) is 3.19. The molecule has 12 heteroatoms. The van der Waals surface area contributed by atoms with Gasteiger partial charge in [-0.05, 0) is 50.6 Å². The number of amides is 1. The lowest BCUT2D eigenvalue weighted by Gasteiger charge is -2.33. The fourth-order valence-corrected chi connectivity index (χ4v) is 5.59. The molecule has 0 saturated carbocycles. The van der Waals surface area contributed by atoms with Gasteiger partial charge in [-0.15, -0.1) is 5.10 Å². The molecule has 32 heavy (non-hydrogen) atoms. The summed E-state index contributed by atoms with van der Waals surface area (Å²) in [6.07, 6.45) is 0. The minimum atomic E-state index is -3.72. The predicted molar refractivity (Wildman–Crippen MR) is 117 cm³/mol. The average molecular weight is 479 g/mol. The number of thioether (sulfide) groups is 1. The van der Waals surface area contributed by atoms with Crippen molar-refractivity contribution in [3.8, 4) is 0 Å². The van der Waals surface area contributed by atoms with Gasteiger partial charge in [0.1, 0.15) is 5.82 Å². The van der Waals surface area contributed by atoms with Gasteiger partial charge in [-0.2, -0.15) is 9.29 Å². The van der Waals surface area contributed by atoms with E-state index >= 15 is 0 Å². The number of hydrogen-bond donors (Lipinski definition) is 0. The SMILES string of the molecule is Cc1nc2nc(SCC(=O)N3CCN(S(=O)(=O)c4ccc(F)cc4)CC3)nn2c(C)c1C. The number of fused-ring (bicyclic) bond motifs is 1. The standard InChI is InChI=1S/C20H23FN6O3S2/c1-13-14(2)22-19-23-20(24-27(19)15(13)3)31-12-18(28)25-8-10-26(11-9-25)32(29,30)17-6-4-16(21)5-7-17/h4-7H,8-12H2,1-3H3. The van der Waals surface area contributed by atoms with Crippen molar-refractivity contribution in [3.05, 3.63) is 47.0 Å². The molecule has 1 aliphatic rings. The topological polar surface area (TPSA) is 101 Å². The van der Waals surface area contributed by atoms with Crippen LogP contribution < -0.4 is 0 Å². The Morgan fingerprint density at radius 1 is 1.06 bits per heavy atom. The molecule has 1 saturated heterocycles. The first-order chi connectivity index (χ1) is 15.2. The Bertz CT molecular complexity index is 1270. The first-order valence-corrected chi connectivity index (χ1v) is 12.5. The van der Waals surface area contributed by atoms with Crippen molar-refractivity contribution in [2.75, 3.05) is 31.9 Å². The van der Waals surface area contributed by atoms with Crippen molar-refractivity contribution in [2.45, 2.75) is 30.8 Å². The van der Waals surface area contributed by atoms with E-state index in [1.54, 1.807) is 9.42 Å². The maximum Gasteiger partial charge on any atom is 0.253 e. The maximum atomic E-state index is 13.1. The Morgan fingerprint density at radius 2 is 1.72 bits per heavy atom. The van der Waals surface area contributed by atoms with E-state index in [0.717, 1.165) is 29.1 Å². The zero-order valence-electron chi connectivity index (χ0n) is 17.9. The van der Waals surface area contributed by atoms with Crippen molar-refractivity contribution in [1.82, 2.24) is 28.8 Å². The monoisotopic (exact) mass is 478 g/mol. The predicted octanol–water partition coefficient (Wildman–Crippen LogP) is 1.81. The number of piperazine rings is 1. The molecule has 170 valence electrons. The van der Waals surface area contributed by atoms with E-state index in [4.69, 9.17) is 0 Å². The second-order valence-electron chi connectivity index (χ2n) is 7.54. The Labute approximate surface area is 189 Å². The normalized spacial score (nSPS) is 15.4. The molecule has 0 bridgehead atoms. The molecule has 1 aromatic carbocycles. The van der Waals surface area contributed by atoms with Gasteiger partial charge in [-0.1, -0.05) is 11.8 Å². The summed E-state index contributed by atoms with van der Waals surface area (Å²) in [6, 6.07) is 4.74. The van der Waals surface area contributed by atoms with Crippen LogP contribution >= 0.6 is 11.8 Å². The first-order valence-electron chi connectivity index (χ1n) is 10.0.